The molecule has 2 aromatic rings. The van der Waals surface area contributed by atoms with Crippen LogP contribution in [0.3, 0.4) is 0 Å². The summed E-state index contributed by atoms with van der Waals surface area (Å²) < 4.78 is 139. The summed E-state index contributed by atoms with van der Waals surface area (Å²) in [5.74, 6) is -4.19. The van der Waals surface area contributed by atoms with Gasteiger partial charge in [-0.15, -0.1) is 0 Å². The van der Waals surface area contributed by atoms with Crippen LogP contribution in [-0.4, -0.2) is 97.2 Å². The Bertz CT molecular complexity index is 2770. The van der Waals surface area contributed by atoms with E-state index in [4.69, 9.17) is 0 Å². The Kier molecular flexibility index (Phi) is 18.5. The molecule has 64 heavy (non-hydrogen) atoms. The highest BCUT2D eigenvalue weighted by Crippen LogP contribution is 2.56. The van der Waals surface area contributed by atoms with Crippen LogP contribution in [0.4, 0.5) is 11.4 Å². The molecular weight excluding hydrogens is 1250 g/mol. The van der Waals surface area contributed by atoms with Gasteiger partial charge in [0.15, 0.2) is 11.6 Å². The molecule has 3 unspecified atom stereocenters. The Labute approximate surface area is 416 Å². The van der Waals surface area contributed by atoms with E-state index >= 15 is 0 Å². The molecule has 0 fully saturated rings. The number of hydrogen-bond acceptors (Lipinski definition) is 10. The highest BCUT2D eigenvalue weighted by atomic mass is 127. The second-order valence-electron chi connectivity index (χ2n) is 16.1. The van der Waals surface area contributed by atoms with Crippen LogP contribution in [0.25, 0.3) is 0 Å². The lowest BCUT2D eigenvalue weighted by molar-refractivity contribution is -0.438. The van der Waals surface area contributed by atoms with Crippen molar-refractivity contribution in [2.24, 2.45) is 5.92 Å². The number of halogens is 3. The smallest absolute Gasteiger partial charge is 0.307 e. The maximum Gasteiger partial charge on any atom is 0.307 e. The number of fused-ring (bicyclic) bond motifs is 2. The maximum atomic E-state index is 13.1. The predicted octanol–water partition coefficient (Wildman–Crippen LogP) is 8.20. The molecule has 0 amide bonds. The number of carboxylic acid groups (broad SMARTS) is 1. The first kappa shape index (κ1) is 54.8. The zero-order chi connectivity index (χ0) is 48.2. The zero-order valence-electron chi connectivity index (χ0n) is 35.4. The molecule has 0 radical (unpaired) electrons. The maximum absolute atomic E-state index is 13.1. The molecule has 4 rings (SSSR count). The first-order valence-corrected chi connectivity index (χ1v) is 29.5. The second kappa shape index (κ2) is 21.6. The molecular formula is C41H52I3N2O14S4+. The van der Waals surface area contributed by atoms with E-state index in [1.807, 2.05) is 32.1 Å². The van der Waals surface area contributed by atoms with Gasteiger partial charge in [0.25, 0.3) is 40.5 Å². The first-order chi connectivity index (χ1) is 29.5. The summed E-state index contributed by atoms with van der Waals surface area (Å²) in [7, 11) is -17.9. The fourth-order valence-electron chi connectivity index (χ4n) is 8.78. The molecule has 354 valence electrons. The fourth-order valence-corrected chi connectivity index (χ4v) is 15.5. The molecule has 0 saturated heterocycles. The van der Waals surface area contributed by atoms with Crippen LogP contribution in [0, 0.1) is 23.6 Å². The normalized spacial score (nSPS) is 20.7. The van der Waals surface area contributed by atoms with Gasteiger partial charge in [0.2, 0.25) is 5.69 Å². The molecule has 0 saturated carbocycles. The van der Waals surface area contributed by atoms with Crippen LogP contribution >= 0.6 is 67.8 Å². The number of nitrogens with zero attached hydrogens (tertiary/aromatic N) is 2. The van der Waals surface area contributed by atoms with Crippen molar-refractivity contribution in [3.05, 3.63) is 93.8 Å². The molecule has 3 atom stereocenters. The van der Waals surface area contributed by atoms with Gasteiger partial charge in [-0.3, -0.25) is 23.0 Å². The highest BCUT2D eigenvalue weighted by molar-refractivity contribution is 14.1. The van der Waals surface area contributed by atoms with Crippen molar-refractivity contribution in [2.45, 2.75) is 94.8 Å². The standard InChI is InChI=1S/C41H51I3N2O14S4/c1-5-6-16-28(39(47)48)41(4)34(46(26-63(55,56)57)32-25-30(43)38(64(58,59)60)37(44)36(32)41)18-11-9-7-8-10-17-33-40(3,21-12-14-23-61(49,50)51)35-27(2)29(42)19-20-31(35)45(33)22-13-15-24-62(52,53)54/h7-11,17-20,25,28H,5-6,12-16,21-24,26H2,1-4H3,(H4-,47,48,49,50,51,52,53,54,55,56,57,58,59,60)/p+1. The minimum atomic E-state index is -4.82. The number of benzene rings is 2. The lowest BCUT2D eigenvalue weighted by Gasteiger charge is -2.35. The van der Waals surface area contributed by atoms with E-state index in [9.17, 15) is 61.8 Å². The highest BCUT2D eigenvalue weighted by Gasteiger charge is 2.54. The van der Waals surface area contributed by atoms with Gasteiger partial charge in [-0.25, -0.2) is 0 Å². The average Bonchev–Trinajstić information content (AvgIpc) is 3.51. The summed E-state index contributed by atoms with van der Waals surface area (Å²) in [4.78, 5) is 13.9. The first-order valence-electron chi connectivity index (χ1n) is 20.0. The fraction of sp³-hybridized carbons (Fsp3) is 0.463. The second-order valence-corrected chi connectivity index (χ2v) is 25.4. The molecule has 0 bridgehead atoms. The van der Waals surface area contributed by atoms with Crippen molar-refractivity contribution >= 4 is 131 Å². The summed E-state index contributed by atoms with van der Waals surface area (Å²) in [6, 6.07) is 5.31. The molecule has 2 aromatic carbocycles. The van der Waals surface area contributed by atoms with Gasteiger partial charge >= 0.3 is 5.97 Å². The van der Waals surface area contributed by atoms with E-state index in [1.165, 1.54) is 17.0 Å². The summed E-state index contributed by atoms with van der Waals surface area (Å²) in [5.41, 5.74) is 2.09. The van der Waals surface area contributed by atoms with Crippen LogP contribution in [-0.2, 0) is 56.1 Å². The van der Waals surface area contributed by atoms with Crippen molar-refractivity contribution in [3.8, 4) is 0 Å². The predicted molar refractivity (Wildman–Crippen MR) is 271 cm³/mol. The molecule has 5 N–H and O–H groups in total. The molecule has 2 aliphatic rings. The monoisotopic (exact) mass is 1300 g/mol. The van der Waals surface area contributed by atoms with Gasteiger partial charge in [0, 0.05) is 57.2 Å². The third kappa shape index (κ3) is 13.0. The number of allylic oxidation sites excluding steroid dienone is 8. The van der Waals surface area contributed by atoms with Crippen molar-refractivity contribution in [2.75, 3.05) is 28.8 Å². The minimum absolute atomic E-state index is 0.0133. The van der Waals surface area contributed by atoms with Crippen LogP contribution in [0.5, 0.6) is 0 Å². The lowest BCUT2D eigenvalue weighted by Crippen LogP contribution is -2.41. The molecule has 0 aromatic heterocycles. The van der Waals surface area contributed by atoms with E-state index in [0.29, 0.717) is 38.6 Å². The topological polar surface area (TPSA) is 261 Å². The SMILES string of the molecule is CCCCC(C(=O)O)C1(C)/C(=C/C=C/C=C/C=C/C2=[N+](CCCCS(=O)(=O)O)c3ccc(I)c(C)c3C2(C)CCCCS(=O)(=O)O)N(CS(=O)(=O)O)c2cc(I)c(S(=O)(=O)O)c(I)c21. The van der Waals surface area contributed by atoms with Gasteiger partial charge in [-0.2, -0.15) is 38.2 Å². The molecule has 2 aliphatic heterocycles. The van der Waals surface area contributed by atoms with Crippen molar-refractivity contribution < 1.29 is 66.4 Å². The Morgan fingerprint density at radius 3 is 1.95 bits per heavy atom. The van der Waals surface area contributed by atoms with Crippen molar-refractivity contribution in [3.63, 3.8) is 0 Å². The largest absolute Gasteiger partial charge is 0.481 e. The van der Waals surface area contributed by atoms with Crippen LogP contribution in [0.1, 0.15) is 88.8 Å². The summed E-state index contributed by atoms with van der Waals surface area (Å²) in [5, 5.41) is 10.7. The lowest BCUT2D eigenvalue weighted by atomic mass is 9.69. The van der Waals surface area contributed by atoms with E-state index < -0.39 is 85.5 Å². The molecule has 2 heterocycles. The van der Waals surface area contributed by atoms with Crippen molar-refractivity contribution in [1.82, 2.24) is 0 Å². The number of carboxylic acids is 1. The molecule has 0 spiro atoms. The van der Waals surface area contributed by atoms with Gasteiger partial charge in [0.1, 0.15) is 11.4 Å². The van der Waals surface area contributed by atoms with Crippen molar-refractivity contribution in [1.29, 1.82) is 0 Å². The summed E-state index contributed by atoms with van der Waals surface area (Å²) >= 11 is 5.68. The zero-order valence-corrected chi connectivity index (χ0v) is 45.1. The number of rotatable bonds is 22. The van der Waals surface area contributed by atoms with Crippen LogP contribution in [0.15, 0.2) is 71.3 Å². The van der Waals surface area contributed by atoms with Gasteiger partial charge in [-0.1, -0.05) is 56.6 Å². The van der Waals surface area contributed by atoms with Crippen LogP contribution < -0.4 is 4.90 Å². The van der Waals surface area contributed by atoms with Gasteiger partial charge in [-0.05, 0) is 138 Å². The Morgan fingerprint density at radius 2 is 1.39 bits per heavy atom. The van der Waals surface area contributed by atoms with E-state index in [-0.39, 0.29) is 43.4 Å². The third-order valence-corrected chi connectivity index (χ3v) is 18.5. The quantitative estimate of drug-likeness (QED) is 0.0245. The number of hydrogen-bond donors (Lipinski definition) is 5. The Hall–Kier alpha value is -1.83. The van der Waals surface area contributed by atoms with Gasteiger partial charge in [0.05, 0.1) is 22.8 Å². The Morgan fingerprint density at radius 1 is 0.797 bits per heavy atom. The van der Waals surface area contributed by atoms with Crippen LogP contribution in [0.2, 0.25) is 0 Å². The van der Waals surface area contributed by atoms with E-state index in [1.54, 1.807) is 82.5 Å². The number of anilines is 1. The molecule has 23 heteroatoms. The third-order valence-electron chi connectivity index (χ3n) is 11.6. The number of unbranched alkanes of at least 4 members (excludes halogenated alkanes) is 3. The van der Waals surface area contributed by atoms with Gasteiger partial charge < -0.3 is 10.0 Å². The minimum Gasteiger partial charge on any atom is -0.481 e. The summed E-state index contributed by atoms with van der Waals surface area (Å²) in [6.07, 6.45) is 14.8. The summed E-state index contributed by atoms with van der Waals surface area (Å²) in [6.45, 7) is 7.92. The number of aliphatic carboxylic acids is 1. The average molecular weight is 1310 g/mol. The molecule has 16 nitrogen and oxygen atoms in total. The molecule has 0 aliphatic carbocycles. The van der Waals surface area contributed by atoms with E-state index in [0.717, 1.165) is 26.1 Å². The van der Waals surface area contributed by atoms with E-state index in [2.05, 4.69) is 34.1 Å². The Balaban J connectivity index is 1.83. The number of carbonyl (C=O) groups is 1.